The molecule has 8 nitrogen and oxygen atoms in total. The summed E-state index contributed by atoms with van der Waals surface area (Å²) in [5.41, 5.74) is 0.952. The van der Waals surface area contributed by atoms with Crippen molar-refractivity contribution >= 4 is 45.7 Å². The van der Waals surface area contributed by atoms with Crippen LogP contribution in [0.15, 0.2) is 24.5 Å². The van der Waals surface area contributed by atoms with E-state index in [1.807, 2.05) is 13.0 Å². The van der Waals surface area contributed by atoms with Crippen molar-refractivity contribution in [3.63, 3.8) is 0 Å². The molecule has 2 aliphatic rings. The number of nitrogens with zero attached hydrogens (tertiary/aromatic N) is 5. The maximum atomic E-state index is 15.2. The first-order chi connectivity index (χ1) is 16.6. The van der Waals surface area contributed by atoms with Crippen molar-refractivity contribution in [1.82, 2.24) is 24.6 Å². The third-order valence-electron chi connectivity index (χ3n) is 7.18. The maximum Gasteiger partial charge on any atom is 0.227 e. The first kappa shape index (κ1) is 24.6. The Morgan fingerprint density at radius 3 is 2.69 bits per heavy atom. The summed E-state index contributed by atoms with van der Waals surface area (Å²) in [5, 5.41) is 19.3. The molecule has 0 bridgehead atoms. The third kappa shape index (κ3) is 4.84. The van der Waals surface area contributed by atoms with E-state index in [0.717, 1.165) is 17.5 Å². The van der Waals surface area contributed by atoms with Gasteiger partial charge in [0.2, 0.25) is 5.95 Å². The zero-order valence-electron chi connectivity index (χ0n) is 19.9. The monoisotopic (exact) mass is 522 g/mol. The van der Waals surface area contributed by atoms with Crippen molar-refractivity contribution in [2.75, 3.05) is 31.6 Å². The van der Waals surface area contributed by atoms with Crippen molar-refractivity contribution in [2.24, 2.45) is 0 Å². The molecule has 2 saturated heterocycles. The summed E-state index contributed by atoms with van der Waals surface area (Å²) in [5.74, 6) is 0.0475. The third-order valence-corrected chi connectivity index (χ3v) is 7.88. The molecule has 0 amide bonds. The highest BCUT2D eigenvalue weighted by Crippen LogP contribution is 2.38. The van der Waals surface area contributed by atoms with Crippen LogP contribution in [0.1, 0.15) is 44.7 Å². The lowest BCUT2D eigenvalue weighted by Gasteiger charge is -2.43. The highest BCUT2D eigenvalue weighted by Gasteiger charge is 2.36. The van der Waals surface area contributed by atoms with E-state index in [-0.39, 0.29) is 12.0 Å². The lowest BCUT2D eigenvalue weighted by molar-refractivity contribution is -0.0806. The first-order valence-electron chi connectivity index (χ1n) is 11.8. The van der Waals surface area contributed by atoms with Gasteiger partial charge in [0, 0.05) is 29.1 Å². The highest BCUT2D eigenvalue weighted by atomic mass is 35.5. The number of alkyl halides is 1. The molecule has 0 spiro atoms. The van der Waals surface area contributed by atoms with Gasteiger partial charge < -0.3 is 15.2 Å². The number of benzene rings is 1. The van der Waals surface area contributed by atoms with E-state index in [2.05, 4.69) is 25.3 Å². The number of aromatic nitrogens is 4. The van der Waals surface area contributed by atoms with E-state index in [9.17, 15) is 5.11 Å². The molecule has 0 saturated carbocycles. The van der Waals surface area contributed by atoms with Crippen molar-refractivity contribution in [3.8, 4) is 0 Å². The van der Waals surface area contributed by atoms with Gasteiger partial charge in [0.25, 0.3) is 0 Å². The zero-order valence-corrected chi connectivity index (χ0v) is 21.4. The molecular formula is C24H29Cl2FN6O2. The number of hydrogen-bond acceptors (Lipinski definition) is 7. The van der Waals surface area contributed by atoms with Crippen molar-refractivity contribution in [1.29, 1.82) is 0 Å². The van der Waals surface area contributed by atoms with Gasteiger partial charge in [-0.1, -0.05) is 23.2 Å². The molecule has 4 heterocycles. The Morgan fingerprint density at radius 2 is 2.03 bits per heavy atom. The molecule has 188 valence electrons. The van der Waals surface area contributed by atoms with Gasteiger partial charge in [-0.2, -0.15) is 5.10 Å². The average Bonchev–Trinajstić information content (AvgIpc) is 3.11. The number of rotatable bonds is 6. The Labute approximate surface area is 213 Å². The maximum absolute atomic E-state index is 15.2. The second-order valence-electron chi connectivity index (χ2n) is 9.97. The van der Waals surface area contributed by atoms with Crippen molar-refractivity contribution < 1.29 is 14.2 Å². The molecule has 2 fully saturated rings. The van der Waals surface area contributed by atoms with Gasteiger partial charge in [-0.05, 0) is 51.4 Å². The molecule has 5 rings (SSSR count). The summed E-state index contributed by atoms with van der Waals surface area (Å²) in [6, 6.07) is 3.64. The SMILES string of the molecule is C[C@@H](n1ncc(Nc2ncc3cc(Cl)c([C@H]4CCN(C5COC5)C[C@H]4F)cc3n2)c1Cl)C(C)(C)O. The normalized spacial score (nSPS) is 22.8. The first-order valence-corrected chi connectivity index (χ1v) is 12.5. The number of nitrogens with one attached hydrogen (secondary N) is 1. The minimum atomic E-state index is -1.01. The summed E-state index contributed by atoms with van der Waals surface area (Å²) in [4.78, 5) is 11.2. The van der Waals surface area contributed by atoms with Crippen LogP contribution < -0.4 is 5.32 Å². The zero-order chi connectivity index (χ0) is 24.9. The highest BCUT2D eigenvalue weighted by molar-refractivity contribution is 6.32. The summed E-state index contributed by atoms with van der Waals surface area (Å²) >= 11 is 13.1. The van der Waals surface area contributed by atoms with Crippen LogP contribution in [0.4, 0.5) is 16.0 Å². The van der Waals surface area contributed by atoms with Gasteiger partial charge in [-0.15, -0.1) is 0 Å². The summed E-state index contributed by atoms with van der Waals surface area (Å²) in [7, 11) is 0. The topological polar surface area (TPSA) is 88.3 Å². The molecule has 2 N–H and O–H groups in total. The van der Waals surface area contributed by atoms with Crippen LogP contribution in [-0.2, 0) is 4.74 Å². The Hall–Kier alpha value is -2.04. The predicted molar refractivity (Wildman–Crippen MR) is 135 cm³/mol. The smallest absolute Gasteiger partial charge is 0.227 e. The Kier molecular flexibility index (Phi) is 6.65. The van der Waals surface area contributed by atoms with E-state index < -0.39 is 11.8 Å². The van der Waals surface area contributed by atoms with E-state index in [1.165, 1.54) is 0 Å². The van der Waals surface area contributed by atoms with Gasteiger partial charge >= 0.3 is 0 Å². The summed E-state index contributed by atoms with van der Waals surface area (Å²) < 4.78 is 22.0. The second kappa shape index (κ2) is 9.44. The standard InChI is InChI=1S/C24H29Cl2FN6O2/c1-13(24(2,3)34)33-22(26)21(9-29-33)31-23-28-8-14-6-18(25)17(7-20(14)30-23)16-4-5-32(10-19(16)27)15-11-35-12-15/h6-9,13,15-16,19,34H,4-5,10-12H2,1-3H3,(H,28,30,31)/t13-,16-,19-/m1/s1. The van der Waals surface area contributed by atoms with Crippen LogP contribution in [0.3, 0.4) is 0 Å². The molecule has 1 aromatic carbocycles. The molecule has 0 aliphatic carbocycles. The number of likely N-dealkylation sites (tertiary alicyclic amines) is 1. The number of halogens is 3. The minimum Gasteiger partial charge on any atom is -0.388 e. The number of anilines is 2. The molecule has 35 heavy (non-hydrogen) atoms. The fourth-order valence-corrected chi connectivity index (χ4v) is 5.18. The van der Waals surface area contributed by atoms with Gasteiger partial charge in [-0.3, -0.25) is 4.90 Å². The number of piperidine rings is 1. The average molecular weight is 523 g/mol. The number of fused-ring (bicyclic) bond motifs is 1. The lowest BCUT2D eigenvalue weighted by atomic mass is 9.86. The van der Waals surface area contributed by atoms with E-state index in [4.69, 9.17) is 27.9 Å². The summed E-state index contributed by atoms with van der Waals surface area (Å²) in [6.07, 6.45) is 2.92. The molecule has 2 aliphatic heterocycles. The quantitative estimate of drug-likeness (QED) is 0.483. The number of aliphatic hydroxyl groups is 1. The van der Waals surface area contributed by atoms with Crippen LogP contribution in [0, 0.1) is 0 Å². The minimum absolute atomic E-state index is 0.286. The summed E-state index contributed by atoms with van der Waals surface area (Å²) in [6.45, 7) is 7.80. The van der Waals surface area contributed by atoms with E-state index in [0.29, 0.717) is 59.5 Å². The van der Waals surface area contributed by atoms with Gasteiger partial charge in [0.05, 0.1) is 48.3 Å². The van der Waals surface area contributed by atoms with Crippen molar-refractivity contribution in [2.45, 2.75) is 57.0 Å². The molecule has 11 heteroatoms. The molecule has 3 atom stereocenters. The lowest BCUT2D eigenvalue weighted by Crippen LogP contribution is -2.54. The largest absolute Gasteiger partial charge is 0.388 e. The fraction of sp³-hybridized carbons (Fsp3) is 0.542. The Morgan fingerprint density at radius 1 is 1.26 bits per heavy atom. The van der Waals surface area contributed by atoms with Crippen LogP contribution >= 0.6 is 23.2 Å². The molecule has 0 unspecified atom stereocenters. The Balaban J connectivity index is 1.38. The number of ether oxygens (including phenoxy) is 1. The van der Waals surface area contributed by atoms with E-state index >= 15 is 4.39 Å². The van der Waals surface area contributed by atoms with Crippen LogP contribution in [-0.4, -0.2) is 73.9 Å². The molecule has 3 aromatic rings. The molecule has 2 aromatic heterocycles. The van der Waals surface area contributed by atoms with E-state index in [1.54, 1.807) is 37.0 Å². The Bertz CT molecular complexity index is 1230. The number of hydrogen-bond donors (Lipinski definition) is 2. The van der Waals surface area contributed by atoms with Crippen LogP contribution in [0.2, 0.25) is 10.2 Å². The predicted octanol–water partition coefficient (Wildman–Crippen LogP) is 4.73. The second-order valence-corrected chi connectivity index (χ2v) is 10.7. The van der Waals surface area contributed by atoms with Gasteiger partial charge in [0.1, 0.15) is 6.17 Å². The fourth-order valence-electron chi connectivity index (χ4n) is 4.58. The van der Waals surface area contributed by atoms with Crippen LogP contribution in [0.5, 0.6) is 0 Å². The van der Waals surface area contributed by atoms with Gasteiger partial charge in [0.15, 0.2) is 5.15 Å². The molecular weight excluding hydrogens is 494 g/mol. The molecule has 0 radical (unpaired) electrons. The van der Waals surface area contributed by atoms with Crippen molar-refractivity contribution in [3.05, 3.63) is 40.3 Å². The van der Waals surface area contributed by atoms with Crippen LogP contribution in [0.25, 0.3) is 10.9 Å². The van der Waals surface area contributed by atoms with Gasteiger partial charge in [-0.25, -0.2) is 19.0 Å².